The van der Waals surface area contributed by atoms with Crippen LogP contribution in [0.4, 0.5) is 11.4 Å². The van der Waals surface area contributed by atoms with Gasteiger partial charge in [-0.2, -0.15) is 0 Å². The van der Waals surface area contributed by atoms with Crippen molar-refractivity contribution < 1.29 is 9.59 Å². The van der Waals surface area contributed by atoms with Gasteiger partial charge in [0.1, 0.15) is 0 Å². The van der Waals surface area contributed by atoms with Crippen molar-refractivity contribution in [3.05, 3.63) is 88.2 Å². The maximum absolute atomic E-state index is 12.4. The fourth-order valence-corrected chi connectivity index (χ4v) is 2.54. The molecule has 130 valence electrons. The van der Waals surface area contributed by atoms with Crippen molar-refractivity contribution in [2.45, 2.75) is 0 Å². The number of carbonyl (C=O) groups excluding carboxylic acids is 2. The average Bonchev–Trinajstić information content (AvgIpc) is 2.65. The minimum absolute atomic E-state index is 0.224. The third kappa shape index (κ3) is 4.39. The van der Waals surface area contributed by atoms with Crippen LogP contribution in [0.25, 0.3) is 0 Å². The van der Waals surface area contributed by atoms with Gasteiger partial charge in [0.2, 0.25) is 0 Å². The number of halogens is 2. The number of nitrogens with zero attached hydrogens (tertiary/aromatic N) is 1. The molecule has 0 radical (unpaired) electrons. The van der Waals surface area contributed by atoms with Crippen molar-refractivity contribution in [1.82, 2.24) is 4.98 Å². The number of anilines is 2. The summed E-state index contributed by atoms with van der Waals surface area (Å²) in [7, 11) is 0. The fraction of sp³-hybridized carbons (Fsp3) is 0. The first-order valence-corrected chi connectivity index (χ1v) is 8.36. The normalized spacial score (nSPS) is 10.2. The topological polar surface area (TPSA) is 71.1 Å². The van der Waals surface area contributed by atoms with Crippen molar-refractivity contribution in [2.24, 2.45) is 0 Å². The number of benzene rings is 2. The lowest BCUT2D eigenvalue weighted by molar-refractivity contribution is 0.102. The Labute approximate surface area is 160 Å². The summed E-state index contributed by atoms with van der Waals surface area (Å²) >= 11 is 12.0. The monoisotopic (exact) mass is 385 g/mol. The summed E-state index contributed by atoms with van der Waals surface area (Å²) in [5.74, 6) is -0.810. The van der Waals surface area contributed by atoms with Crippen molar-refractivity contribution in [1.29, 1.82) is 0 Å². The van der Waals surface area contributed by atoms with Crippen LogP contribution >= 0.6 is 23.2 Å². The molecule has 3 rings (SSSR count). The van der Waals surface area contributed by atoms with Crippen LogP contribution in [0, 0.1) is 0 Å². The molecule has 0 aliphatic heterocycles. The van der Waals surface area contributed by atoms with Gasteiger partial charge in [0.15, 0.2) is 0 Å². The van der Waals surface area contributed by atoms with Crippen molar-refractivity contribution in [2.75, 3.05) is 10.6 Å². The zero-order valence-corrected chi connectivity index (χ0v) is 14.9. The molecule has 0 atom stereocenters. The standard InChI is InChI=1S/C19H13Cl2N3O2/c20-14-6-7-16(21)17(9-14)24-19(26)13-8-12(10-22-11-13)18(25)23-15-4-2-1-3-5-15/h1-11H,(H,23,25)(H,24,26). The maximum Gasteiger partial charge on any atom is 0.257 e. The molecule has 0 aliphatic rings. The van der Waals surface area contributed by atoms with Crippen LogP contribution in [0.5, 0.6) is 0 Å². The van der Waals surface area contributed by atoms with Crippen molar-refractivity contribution in [3.8, 4) is 0 Å². The number of rotatable bonds is 4. The fourth-order valence-electron chi connectivity index (χ4n) is 2.20. The molecule has 0 unspecified atom stereocenters. The Morgan fingerprint density at radius 3 is 2.15 bits per heavy atom. The molecule has 3 aromatic rings. The molecule has 2 amide bonds. The first-order chi connectivity index (χ1) is 12.5. The number of carbonyl (C=O) groups is 2. The third-order valence-electron chi connectivity index (χ3n) is 3.47. The summed E-state index contributed by atoms with van der Waals surface area (Å²) in [5, 5.41) is 6.20. The van der Waals surface area contributed by atoms with Gasteiger partial charge < -0.3 is 10.6 Å². The van der Waals surface area contributed by atoms with E-state index in [9.17, 15) is 9.59 Å². The van der Waals surface area contributed by atoms with E-state index in [-0.39, 0.29) is 17.0 Å². The van der Waals surface area contributed by atoms with E-state index in [0.29, 0.717) is 21.4 Å². The minimum Gasteiger partial charge on any atom is -0.322 e. The Bertz CT molecular complexity index is 962. The smallest absolute Gasteiger partial charge is 0.257 e. The van der Waals surface area contributed by atoms with Crippen LogP contribution in [-0.4, -0.2) is 16.8 Å². The Morgan fingerprint density at radius 1 is 0.808 bits per heavy atom. The summed E-state index contributed by atoms with van der Waals surface area (Å²) in [5.41, 5.74) is 1.52. The zero-order valence-electron chi connectivity index (χ0n) is 13.4. The van der Waals surface area contributed by atoms with E-state index < -0.39 is 5.91 Å². The molecule has 2 aromatic carbocycles. The van der Waals surface area contributed by atoms with Gasteiger partial charge in [-0.1, -0.05) is 41.4 Å². The molecule has 0 fully saturated rings. The van der Waals surface area contributed by atoms with Crippen molar-refractivity contribution >= 4 is 46.4 Å². The maximum atomic E-state index is 12.4. The van der Waals surface area contributed by atoms with Gasteiger partial charge in [-0.15, -0.1) is 0 Å². The predicted molar refractivity (Wildman–Crippen MR) is 103 cm³/mol. The lowest BCUT2D eigenvalue weighted by Gasteiger charge is -2.09. The summed E-state index contributed by atoms with van der Waals surface area (Å²) < 4.78 is 0. The van der Waals surface area contributed by atoms with E-state index in [0.717, 1.165) is 0 Å². The molecule has 0 saturated carbocycles. The molecule has 1 heterocycles. The van der Waals surface area contributed by atoms with Gasteiger partial charge in [-0.05, 0) is 36.4 Å². The Morgan fingerprint density at radius 2 is 1.46 bits per heavy atom. The number of pyridine rings is 1. The predicted octanol–water partition coefficient (Wildman–Crippen LogP) is 4.89. The van der Waals surface area contributed by atoms with E-state index in [4.69, 9.17) is 23.2 Å². The average molecular weight is 386 g/mol. The molecular weight excluding hydrogens is 373 g/mol. The highest BCUT2D eigenvalue weighted by atomic mass is 35.5. The highest BCUT2D eigenvalue weighted by Crippen LogP contribution is 2.25. The number of nitrogens with one attached hydrogen (secondary N) is 2. The van der Waals surface area contributed by atoms with Gasteiger partial charge in [0.05, 0.1) is 21.8 Å². The van der Waals surface area contributed by atoms with Crippen LogP contribution in [0.15, 0.2) is 67.0 Å². The lowest BCUT2D eigenvalue weighted by atomic mass is 10.1. The Hall–Kier alpha value is -2.89. The summed E-state index contributed by atoms with van der Waals surface area (Å²) in [6.45, 7) is 0. The number of para-hydroxylation sites is 1. The lowest BCUT2D eigenvalue weighted by Crippen LogP contribution is -2.16. The van der Waals surface area contributed by atoms with Crippen LogP contribution in [0.1, 0.15) is 20.7 Å². The third-order valence-corrected chi connectivity index (χ3v) is 4.04. The molecule has 0 bridgehead atoms. The van der Waals surface area contributed by atoms with Gasteiger partial charge in [-0.25, -0.2) is 0 Å². The molecule has 0 saturated heterocycles. The summed E-state index contributed by atoms with van der Waals surface area (Å²) in [6.07, 6.45) is 2.76. The SMILES string of the molecule is O=C(Nc1ccccc1)c1cncc(C(=O)Nc2cc(Cl)ccc2Cl)c1. The highest BCUT2D eigenvalue weighted by Gasteiger charge is 2.13. The molecular formula is C19H13Cl2N3O2. The Balaban J connectivity index is 1.77. The first-order valence-electron chi connectivity index (χ1n) is 7.61. The quantitative estimate of drug-likeness (QED) is 0.671. The second-order valence-electron chi connectivity index (χ2n) is 5.36. The van der Waals surface area contributed by atoms with Gasteiger partial charge in [0.25, 0.3) is 11.8 Å². The van der Waals surface area contributed by atoms with Crippen LogP contribution in [0.2, 0.25) is 10.0 Å². The van der Waals surface area contributed by atoms with E-state index in [1.165, 1.54) is 18.5 Å². The largest absolute Gasteiger partial charge is 0.322 e. The molecule has 26 heavy (non-hydrogen) atoms. The van der Waals surface area contributed by atoms with E-state index in [1.807, 2.05) is 18.2 Å². The summed E-state index contributed by atoms with van der Waals surface area (Å²) in [4.78, 5) is 28.7. The molecule has 0 aliphatic carbocycles. The Kier molecular flexibility index (Phi) is 5.51. The van der Waals surface area contributed by atoms with Gasteiger partial charge in [0, 0.05) is 23.1 Å². The van der Waals surface area contributed by atoms with E-state index in [1.54, 1.807) is 30.3 Å². The molecule has 1 aromatic heterocycles. The van der Waals surface area contributed by atoms with Crippen LogP contribution in [0.3, 0.4) is 0 Å². The number of hydrogen-bond donors (Lipinski definition) is 2. The molecule has 0 spiro atoms. The van der Waals surface area contributed by atoms with E-state index in [2.05, 4.69) is 15.6 Å². The summed E-state index contributed by atoms with van der Waals surface area (Å²) in [6, 6.07) is 15.2. The number of amides is 2. The van der Waals surface area contributed by atoms with Crippen molar-refractivity contribution in [3.63, 3.8) is 0 Å². The molecule has 2 N–H and O–H groups in total. The highest BCUT2D eigenvalue weighted by molar-refractivity contribution is 6.35. The number of hydrogen-bond acceptors (Lipinski definition) is 3. The zero-order chi connectivity index (χ0) is 18.5. The second kappa shape index (κ2) is 7.99. The first kappa shape index (κ1) is 17.9. The minimum atomic E-state index is -0.448. The second-order valence-corrected chi connectivity index (χ2v) is 6.20. The van der Waals surface area contributed by atoms with E-state index >= 15 is 0 Å². The number of aromatic nitrogens is 1. The molecule has 5 nitrogen and oxygen atoms in total. The van der Waals surface area contributed by atoms with Crippen LogP contribution in [-0.2, 0) is 0 Å². The van der Waals surface area contributed by atoms with Gasteiger partial charge >= 0.3 is 0 Å². The molecule has 7 heteroatoms. The van der Waals surface area contributed by atoms with Crippen LogP contribution < -0.4 is 10.6 Å². The van der Waals surface area contributed by atoms with Gasteiger partial charge in [-0.3, -0.25) is 14.6 Å².